The molecule has 2 aromatic rings. The van der Waals surface area contributed by atoms with E-state index >= 15 is 0 Å². The van der Waals surface area contributed by atoms with Gasteiger partial charge in [0.25, 0.3) is 0 Å². The Morgan fingerprint density at radius 1 is 1.57 bits per heavy atom. The number of nitrogens with zero attached hydrogens (tertiary/aromatic N) is 2. The lowest BCUT2D eigenvalue weighted by atomic mass is 10.3. The Kier molecular flexibility index (Phi) is 2.65. The van der Waals surface area contributed by atoms with Gasteiger partial charge in [0.05, 0.1) is 12.0 Å². The van der Waals surface area contributed by atoms with Gasteiger partial charge in [-0.05, 0) is 23.9 Å². The van der Waals surface area contributed by atoms with E-state index < -0.39 is 0 Å². The Morgan fingerprint density at radius 3 is 3.07 bits per heavy atom. The summed E-state index contributed by atoms with van der Waals surface area (Å²) in [5.74, 6) is 0. The van der Waals surface area contributed by atoms with Crippen LogP contribution in [0.25, 0.3) is 0 Å². The second-order valence-corrected chi connectivity index (χ2v) is 4.40. The van der Waals surface area contributed by atoms with Crippen molar-refractivity contribution in [1.82, 2.24) is 9.55 Å². The van der Waals surface area contributed by atoms with E-state index in [1.807, 2.05) is 12.5 Å². The fourth-order valence-corrected chi connectivity index (χ4v) is 2.14. The molecule has 2 heterocycles. The summed E-state index contributed by atoms with van der Waals surface area (Å²) in [4.78, 5) is 5.42. The Labute approximate surface area is 87.2 Å². The highest BCUT2D eigenvalue weighted by molar-refractivity contribution is 7.10. The van der Waals surface area contributed by atoms with Crippen molar-refractivity contribution in [2.45, 2.75) is 20.0 Å². The number of imidazole rings is 1. The molecule has 3 nitrogen and oxygen atoms in total. The quantitative estimate of drug-likeness (QED) is 0.833. The van der Waals surface area contributed by atoms with Crippen LogP contribution in [0.3, 0.4) is 0 Å². The maximum Gasteiger partial charge on any atom is 0.0951 e. The molecule has 0 saturated carbocycles. The molecule has 0 saturated heterocycles. The molecule has 0 radical (unpaired) electrons. The lowest BCUT2D eigenvalue weighted by molar-refractivity contribution is 0.742. The van der Waals surface area contributed by atoms with Gasteiger partial charge in [-0.2, -0.15) is 0 Å². The number of rotatable bonds is 3. The van der Waals surface area contributed by atoms with Crippen LogP contribution in [0.1, 0.15) is 16.1 Å². The average molecular weight is 207 g/mol. The van der Waals surface area contributed by atoms with E-state index in [0.717, 1.165) is 12.2 Å². The molecule has 4 heteroatoms. The zero-order valence-electron chi connectivity index (χ0n) is 8.10. The minimum absolute atomic E-state index is 0.545. The second-order valence-electron chi connectivity index (χ2n) is 3.28. The van der Waals surface area contributed by atoms with Gasteiger partial charge in [-0.25, -0.2) is 4.98 Å². The number of aromatic nitrogens is 2. The van der Waals surface area contributed by atoms with E-state index in [9.17, 15) is 0 Å². The number of hydrogen-bond acceptors (Lipinski definition) is 3. The van der Waals surface area contributed by atoms with Crippen molar-refractivity contribution in [3.8, 4) is 0 Å². The van der Waals surface area contributed by atoms with Crippen molar-refractivity contribution >= 4 is 11.3 Å². The van der Waals surface area contributed by atoms with E-state index in [1.165, 1.54) is 10.4 Å². The fraction of sp³-hybridized carbons (Fsp3) is 0.300. The smallest absolute Gasteiger partial charge is 0.0951 e. The third-order valence-electron chi connectivity index (χ3n) is 2.15. The van der Waals surface area contributed by atoms with Crippen LogP contribution in [-0.4, -0.2) is 9.55 Å². The molecule has 0 aromatic carbocycles. The first-order chi connectivity index (χ1) is 6.79. The summed E-state index contributed by atoms with van der Waals surface area (Å²) < 4.78 is 2.08. The molecule has 0 fully saturated rings. The van der Waals surface area contributed by atoms with Crippen LogP contribution >= 0.6 is 11.3 Å². The van der Waals surface area contributed by atoms with Gasteiger partial charge in [-0.1, -0.05) is 0 Å². The molecule has 0 amide bonds. The van der Waals surface area contributed by atoms with Crippen LogP contribution in [0.2, 0.25) is 0 Å². The summed E-state index contributed by atoms with van der Waals surface area (Å²) in [5, 5.41) is 2.18. The van der Waals surface area contributed by atoms with E-state index in [-0.39, 0.29) is 0 Å². The van der Waals surface area contributed by atoms with E-state index in [2.05, 4.69) is 27.9 Å². The molecule has 0 aliphatic carbocycles. The summed E-state index contributed by atoms with van der Waals surface area (Å²) >= 11 is 1.77. The predicted octanol–water partition coefficient (Wildman–Crippen LogP) is 1.76. The minimum atomic E-state index is 0.545. The molecule has 2 aromatic heterocycles. The van der Waals surface area contributed by atoms with Gasteiger partial charge in [0.1, 0.15) is 0 Å². The van der Waals surface area contributed by atoms with Gasteiger partial charge in [0, 0.05) is 24.2 Å². The van der Waals surface area contributed by atoms with Gasteiger partial charge in [0.15, 0.2) is 0 Å². The highest BCUT2D eigenvalue weighted by Crippen LogP contribution is 2.14. The summed E-state index contributed by atoms with van der Waals surface area (Å²) in [6.07, 6.45) is 3.65. The molecule has 0 unspecified atom stereocenters. The largest absolute Gasteiger partial charge is 0.329 e. The van der Waals surface area contributed by atoms with Gasteiger partial charge >= 0.3 is 0 Å². The maximum absolute atomic E-state index is 5.60. The molecular weight excluding hydrogens is 194 g/mol. The molecule has 14 heavy (non-hydrogen) atoms. The molecule has 2 N–H and O–H groups in total. The Bertz CT molecular complexity index is 416. The van der Waals surface area contributed by atoms with Gasteiger partial charge in [0.2, 0.25) is 0 Å². The maximum atomic E-state index is 5.60. The highest BCUT2D eigenvalue weighted by Gasteiger charge is 2.01. The van der Waals surface area contributed by atoms with Gasteiger partial charge < -0.3 is 10.3 Å². The van der Waals surface area contributed by atoms with Crippen molar-refractivity contribution in [2.75, 3.05) is 0 Å². The molecule has 2 rings (SSSR count). The predicted molar refractivity (Wildman–Crippen MR) is 58.3 cm³/mol. The van der Waals surface area contributed by atoms with Crippen molar-refractivity contribution < 1.29 is 0 Å². The molecular formula is C10H13N3S. The first-order valence-corrected chi connectivity index (χ1v) is 5.40. The molecule has 0 spiro atoms. The lowest BCUT2D eigenvalue weighted by Gasteiger charge is -2.03. The van der Waals surface area contributed by atoms with Crippen LogP contribution in [0, 0.1) is 6.92 Å². The first kappa shape index (κ1) is 9.43. The molecule has 74 valence electrons. The van der Waals surface area contributed by atoms with E-state index in [4.69, 9.17) is 5.73 Å². The SMILES string of the molecule is Cc1cc(Cn2cncc2CN)cs1. The average Bonchev–Trinajstić information content (AvgIpc) is 2.76. The number of thiophene rings is 1. The van der Waals surface area contributed by atoms with Crippen LogP contribution < -0.4 is 5.73 Å². The standard InChI is InChI=1S/C10H13N3S/c1-8-2-9(6-14-8)5-13-7-12-4-10(13)3-11/h2,4,6-7H,3,5,11H2,1H3. The summed E-state index contributed by atoms with van der Waals surface area (Å²) in [5.41, 5.74) is 7.99. The lowest BCUT2D eigenvalue weighted by Crippen LogP contribution is -2.06. The zero-order chi connectivity index (χ0) is 9.97. The van der Waals surface area contributed by atoms with Crippen molar-refractivity contribution in [1.29, 1.82) is 0 Å². The van der Waals surface area contributed by atoms with Gasteiger partial charge in [-0.3, -0.25) is 0 Å². The highest BCUT2D eigenvalue weighted by atomic mass is 32.1. The summed E-state index contributed by atoms with van der Waals surface area (Å²) in [6, 6.07) is 2.20. The monoisotopic (exact) mass is 207 g/mol. The van der Waals surface area contributed by atoms with Crippen molar-refractivity contribution in [2.24, 2.45) is 5.73 Å². The van der Waals surface area contributed by atoms with E-state index in [0.29, 0.717) is 6.54 Å². The number of aryl methyl sites for hydroxylation is 1. The van der Waals surface area contributed by atoms with Gasteiger partial charge in [-0.15, -0.1) is 11.3 Å². The Hall–Kier alpha value is -1.13. The molecule has 0 bridgehead atoms. The zero-order valence-corrected chi connectivity index (χ0v) is 8.92. The third kappa shape index (κ3) is 1.86. The molecule has 0 atom stereocenters. The summed E-state index contributed by atoms with van der Waals surface area (Å²) in [7, 11) is 0. The van der Waals surface area contributed by atoms with Crippen LogP contribution in [0.15, 0.2) is 24.0 Å². The van der Waals surface area contributed by atoms with Crippen LogP contribution in [0.4, 0.5) is 0 Å². The van der Waals surface area contributed by atoms with Crippen molar-refractivity contribution in [3.63, 3.8) is 0 Å². The summed E-state index contributed by atoms with van der Waals surface area (Å²) in [6.45, 7) is 3.53. The topological polar surface area (TPSA) is 43.8 Å². The fourth-order valence-electron chi connectivity index (χ4n) is 1.44. The second kappa shape index (κ2) is 3.94. The first-order valence-electron chi connectivity index (χ1n) is 4.52. The minimum Gasteiger partial charge on any atom is -0.329 e. The third-order valence-corrected chi connectivity index (χ3v) is 3.06. The Balaban J connectivity index is 2.18. The van der Waals surface area contributed by atoms with Crippen LogP contribution in [0.5, 0.6) is 0 Å². The Morgan fingerprint density at radius 2 is 2.43 bits per heavy atom. The normalized spacial score (nSPS) is 10.7. The molecule has 0 aliphatic rings. The number of nitrogens with two attached hydrogens (primary N) is 1. The molecule has 0 aliphatic heterocycles. The van der Waals surface area contributed by atoms with E-state index in [1.54, 1.807) is 11.3 Å². The van der Waals surface area contributed by atoms with Crippen molar-refractivity contribution in [3.05, 3.63) is 40.1 Å². The number of hydrogen-bond donors (Lipinski definition) is 1. The van der Waals surface area contributed by atoms with Crippen LogP contribution in [-0.2, 0) is 13.1 Å².